The number of nitrogens with zero attached hydrogens (tertiary/aromatic N) is 7. The first kappa shape index (κ1) is 37.5. The van der Waals surface area contributed by atoms with Gasteiger partial charge in [-0.05, 0) is 81.4 Å². The van der Waals surface area contributed by atoms with Gasteiger partial charge in [0, 0.05) is 69.5 Å². The number of rotatable bonds is 10. The average molecular weight is 770 g/mol. The van der Waals surface area contributed by atoms with Crippen LogP contribution in [0.5, 0.6) is 5.75 Å². The van der Waals surface area contributed by atoms with Gasteiger partial charge in [-0.25, -0.2) is 23.2 Å². The summed E-state index contributed by atoms with van der Waals surface area (Å²) in [5, 5.41) is 10.8. The van der Waals surface area contributed by atoms with Crippen molar-refractivity contribution in [1.29, 1.82) is 0 Å². The number of imide groups is 1. The molecular weight excluding hydrogens is 728 g/mol. The zero-order valence-electron chi connectivity index (χ0n) is 29.9. The fourth-order valence-corrected chi connectivity index (χ4v) is 8.89. The number of carbonyl (C=O) groups excluding carboxylic acids is 2. The van der Waals surface area contributed by atoms with Crippen LogP contribution in [0, 0.1) is 0 Å². The lowest BCUT2D eigenvalue weighted by atomic mass is 9.89. The van der Waals surface area contributed by atoms with Crippen molar-refractivity contribution in [2.75, 3.05) is 49.5 Å². The molecule has 1 atom stereocenters. The summed E-state index contributed by atoms with van der Waals surface area (Å²) in [7, 11) is -1.95. The number of carbonyl (C=O) groups is 2. The van der Waals surface area contributed by atoms with Crippen LogP contribution in [0.4, 0.5) is 29.7 Å². The number of benzene rings is 2. The molecule has 0 bridgehead atoms. The van der Waals surface area contributed by atoms with Gasteiger partial charge in [-0.1, -0.05) is 12.1 Å². The summed E-state index contributed by atoms with van der Waals surface area (Å²) in [6, 6.07) is 12.1. The molecule has 14 nitrogen and oxygen atoms in total. The van der Waals surface area contributed by atoms with E-state index in [-0.39, 0.29) is 48.4 Å². The number of alkyl halides is 3. The summed E-state index contributed by atoms with van der Waals surface area (Å²) in [5.74, 6) is 1.15. The Morgan fingerprint density at radius 2 is 1.70 bits per heavy atom. The maximum Gasteiger partial charge on any atom is 0.419 e. The van der Waals surface area contributed by atoms with E-state index in [9.17, 15) is 31.2 Å². The van der Waals surface area contributed by atoms with Crippen molar-refractivity contribution in [2.45, 2.75) is 68.2 Å². The number of fused-ring (bicyclic) bond motifs is 1. The van der Waals surface area contributed by atoms with Gasteiger partial charge in [-0.3, -0.25) is 24.6 Å². The van der Waals surface area contributed by atoms with Gasteiger partial charge >= 0.3 is 12.2 Å². The van der Waals surface area contributed by atoms with E-state index in [0.29, 0.717) is 43.4 Å². The standard InChI is InChI=1S/C36H42F3N9O5S/c1-23(22-46-13-8-24(9-14-46)25-6-7-30-31(18-25)45(2)44-33(30)48-17-12-32(49)43-35(48)50)53-28-4-3-5-29(19-28)54(51,52)47-15-10-27(11-16-47)42-34-40-20-26(21-41-34)36(37,38)39/h3-7,18-21,23-24,27H,8-17,22H2,1-2H3,(H,40,41,42)(H,43,49,50)/t23-/m0/s1. The largest absolute Gasteiger partial charge is 0.489 e. The van der Waals surface area contributed by atoms with E-state index in [2.05, 4.69) is 42.7 Å². The highest BCUT2D eigenvalue weighted by atomic mass is 32.2. The van der Waals surface area contributed by atoms with E-state index in [1.54, 1.807) is 28.9 Å². The average Bonchev–Trinajstić information content (AvgIpc) is 3.47. The molecule has 0 radical (unpaired) electrons. The zero-order valence-corrected chi connectivity index (χ0v) is 30.7. The molecular formula is C36H42F3N9O5S. The molecule has 0 aliphatic carbocycles. The third-order valence-corrected chi connectivity index (χ3v) is 12.2. The van der Waals surface area contributed by atoms with Gasteiger partial charge in [-0.15, -0.1) is 0 Å². The summed E-state index contributed by atoms with van der Waals surface area (Å²) in [5.41, 5.74) is 1.20. The molecule has 5 heterocycles. The summed E-state index contributed by atoms with van der Waals surface area (Å²) in [4.78, 5) is 35.6. The van der Waals surface area contributed by atoms with Crippen molar-refractivity contribution in [3.8, 4) is 5.75 Å². The van der Waals surface area contributed by atoms with Crippen LogP contribution in [0.3, 0.4) is 0 Å². The third kappa shape index (κ3) is 8.14. The minimum Gasteiger partial charge on any atom is -0.489 e. The SMILES string of the molecule is C[C@@H](CN1CCC(c2ccc3c(N4CCC(=O)NC4=O)nn(C)c3c2)CC1)Oc1cccc(S(=O)(=O)N2CCC(Nc3ncc(C(F)(F)F)cn3)CC2)c1. The highest BCUT2D eigenvalue weighted by molar-refractivity contribution is 7.89. The molecule has 0 unspecified atom stereocenters. The lowest BCUT2D eigenvalue weighted by Crippen LogP contribution is -2.49. The second-order valence-corrected chi connectivity index (χ2v) is 16.0. The molecule has 3 amide bonds. The van der Waals surface area contributed by atoms with E-state index in [4.69, 9.17) is 4.74 Å². The number of sulfonamides is 1. The number of piperidine rings is 2. The number of hydrogen-bond acceptors (Lipinski definition) is 10. The molecule has 2 N–H and O–H groups in total. The highest BCUT2D eigenvalue weighted by Crippen LogP contribution is 2.34. The minimum absolute atomic E-state index is 0.0670. The Hall–Kier alpha value is -4.81. The smallest absolute Gasteiger partial charge is 0.419 e. The number of nitrogens with one attached hydrogen (secondary N) is 2. The number of likely N-dealkylation sites (tertiary alicyclic amines) is 1. The summed E-state index contributed by atoms with van der Waals surface area (Å²) in [6.45, 7) is 5.15. The monoisotopic (exact) mass is 769 g/mol. The second-order valence-electron chi connectivity index (χ2n) is 14.1. The van der Waals surface area contributed by atoms with Crippen LogP contribution >= 0.6 is 0 Å². The number of ether oxygens (including phenoxy) is 1. The van der Waals surface area contributed by atoms with Crippen molar-refractivity contribution in [2.24, 2.45) is 7.05 Å². The van der Waals surface area contributed by atoms with Crippen LogP contribution in [0.25, 0.3) is 10.9 Å². The lowest BCUT2D eigenvalue weighted by Gasteiger charge is -2.34. The Bertz CT molecular complexity index is 2110. The maximum absolute atomic E-state index is 13.6. The predicted molar refractivity (Wildman–Crippen MR) is 194 cm³/mol. The Labute approximate surface area is 310 Å². The Morgan fingerprint density at radius 3 is 2.39 bits per heavy atom. The van der Waals surface area contributed by atoms with E-state index in [1.807, 2.05) is 20.0 Å². The van der Waals surface area contributed by atoms with E-state index in [1.165, 1.54) is 14.8 Å². The molecule has 3 aliphatic rings. The first-order valence-corrected chi connectivity index (χ1v) is 19.4. The Balaban J connectivity index is 0.894. The van der Waals surface area contributed by atoms with Gasteiger partial charge < -0.3 is 10.1 Å². The fourth-order valence-electron chi connectivity index (χ4n) is 7.39. The Kier molecular flexibility index (Phi) is 10.5. The normalized spacial score (nSPS) is 19.2. The van der Waals surface area contributed by atoms with Gasteiger partial charge in [0.05, 0.1) is 16.0 Å². The van der Waals surface area contributed by atoms with Gasteiger partial charge in [-0.2, -0.15) is 22.6 Å². The van der Waals surface area contributed by atoms with Crippen molar-refractivity contribution < 1.29 is 35.9 Å². The van der Waals surface area contributed by atoms with Crippen LogP contribution in [0.1, 0.15) is 56.1 Å². The molecule has 54 heavy (non-hydrogen) atoms. The molecule has 3 fully saturated rings. The molecule has 4 aromatic rings. The highest BCUT2D eigenvalue weighted by Gasteiger charge is 2.33. The van der Waals surface area contributed by atoms with E-state index < -0.39 is 27.8 Å². The number of urea groups is 1. The van der Waals surface area contributed by atoms with Crippen molar-refractivity contribution in [3.05, 3.63) is 66.0 Å². The van der Waals surface area contributed by atoms with Gasteiger partial charge in [0.1, 0.15) is 11.9 Å². The van der Waals surface area contributed by atoms with Gasteiger partial charge in [0.25, 0.3) is 0 Å². The van der Waals surface area contributed by atoms with Crippen LogP contribution in [-0.4, -0.2) is 101 Å². The first-order chi connectivity index (χ1) is 25.7. The number of aromatic nitrogens is 4. The summed E-state index contributed by atoms with van der Waals surface area (Å²) < 4.78 is 75.0. The molecule has 18 heteroatoms. The van der Waals surface area contributed by atoms with E-state index in [0.717, 1.165) is 49.2 Å². The first-order valence-electron chi connectivity index (χ1n) is 18.0. The number of halogens is 3. The molecule has 288 valence electrons. The molecule has 0 saturated carbocycles. The van der Waals surface area contributed by atoms with Crippen LogP contribution < -0.4 is 20.3 Å². The van der Waals surface area contributed by atoms with Crippen molar-refractivity contribution in [1.82, 2.24) is 34.3 Å². The molecule has 3 aliphatic heterocycles. The number of aryl methyl sites for hydroxylation is 1. The summed E-state index contributed by atoms with van der Waals surface area (Å²) >= 11 is 0. The van der Waals surface area contributed by atoms with Crippen molar-refractivity contribution in [3.63, 3.8) is 0 Å². The molecule has 0 spiro atoms. The maximum atomic E-state index is 13.6. The van der Waals surface area contributed by atoms with Gasteiger partial charge in [0.2, 0.25) is 21.9 Å². The topological polar surface area (TPSA) is 155 Å². The Morgan fingerprint density at radius 1 is 0.981 bits per heavy atom. The predicted octanol–water partition coefficient (Wildman–Crippen LogP) is 4.74. The van der Waals surface area contributed by atoms with Gasteiger partial charge in [0.15, 0.2) is 5.82 Å². The fraction of sp³-hybridized carbons (Fsp3) is 0.472. The number of amides is 3. The van der Waals surface area contributed by atoms with Crippen LogP contribution in [-0.2, 0) is 28.0 Å². The molecule has 7 rings (SSSR count). The van der Waals surface area contributed by atoms with Crippen LogP contribution in [0.15, 0.2) is 59.8 Å². The quantitative estimate of drug-likeness (QED) is 0.231. The zero-order chi connectivity index (χ0) is 38.2. The molecule has 2 aromatic carbocycles. The molecule has 2 aromatic heterocycles. The summed E-state index contributed by atoms with van der Waals surface area (Å²) in [6.07, 6.45) is -0.247. The van der Waals surface area contributed by atoms with Crippen LogP contribution in [0.2, 0.25) is 0 Å². The van der Waals surface area contributed by atoms with E-state index >= 15 is 0 Å². The molecule has 3 saturated heterocycles. The second kappa shape index (κ2) is 15.1. The minimum atomic E-state index is -4.52. The third-order valence-electron chi connectivity index (χ3n) is 10.3. The van der Waals surface area contributed by atoms with Crippen molar-refractivity contribution >= 4 is 44.6 Å². The lowest BCUT2D eigenvalue weighted by molar-refractivity contribution is -0.138. The number of anilines is 2. The number of hydrogen-bond donors (Lipinski definition) is 2.